The van der Waals surface area contributed by atoms with Gasteiger partial charge in [-0.1, -0.05) is 245 Å². The summed E-state index contributed by atoms with van der Waals surface area (Å²) in [6.45, 7) is 4.39. The van der Waals surface area contributed by atoms with Crippen LogP contribution in [0.1, 0.15) is 264 Å². The Morgan fingerprint density at radius 1 is 0.408 bits per heavy atom. The van der Waals surface area contributed by atoms with E-state index in [4.69, 9.17) is 0 Å². The van der Waals surface area contributed by atoms with Crippen LogP contribution < -0.4 is 5.32 Å². The van der Waals surface area contributed by atoms with E-state index in [0.29, 0.717) is 12.8 Å². The van der Waals surface area contributed by atoms with Crippen LogP contribution in [0.25, 0.3) is 0 Å². The van der Waals surface area contributed by atoms with Crippen molar-refractivity contribution in [2.75, 3.05) is 6.61 Å². The number of rotatable bonds is 42. The van der Waals surface area contributed by atoms with Gasteiger partial charge in [0.1, 0.15) is 0 Å². The average Bonchev–Trinajstić information content (AvgIpc) is 3.10. The summed E-state index contributed by atoms with van der Waals surface area (Å²) in [6.07, 6.45) is 50.4. The van der Waals surface area contributed by atoms with Crippen LogP contribution in [0.3, 0.4) is 0 Å². The predicted molar refractivity (Wildman–Crippen MR) is 216 cm³/mol. The van der Waals surface area contributed by atoms with Crippen molar-refractivity contribution in [3.63, 3.8) is 0 Å². The van der Waals surface area contributed by atoms with E-state index in [2.05, 4.69) is 19.2 Å². The van der Waals surface area contributed by atoms with Gasteiger partial charge in [0.2, 0.25) is 5.91 Å². The van der Waals surface area contributed by atoms with Crippen molar-refractivity contribution in [1.29, 1.82) is 0 Å². The van der Waals surface area contributed by atoms with Crippen LogP contribution in [0.15, 0.2) is 0 Å². The van der Waals surface area contributed by atoms with Crippen molar-refractivity contribution in [2.24, 2.45) is 0 Å². The molecule has 0 spiro atoms. The number of hydrogen-bond donors (Lipinski definition) is 3. The molecular formula is C45H91NO3. The number of unbranched alkanes of at least 4 members (excludes halogenated alkanes) is 35. The van der Waals surface area contributed by atoms with Gasteiger partial charge in [-0.25, -0.2) is 0 Å². The molecule has 1 amide bonds. The minimum atomic E-state index is -0.653. The Balaban J connectivity index is 3.46. The fraction of sp³-hybridized carbons (Fsp3) is 0.978. The maximum atomic E-state index is 12.4. The van der Waals surface area contributed by atoms with Gasteiger partial charge in [-0.2, -0.15) is 0 Å². The second-order valence-corrected chi connectivity index (χ2v) is 15.8. The van der Waals surface area contributed by atoms with E-state index in [9.17, 15) is 15.0 Å². The Morgan fingerprint density at radius 2 is 0.653 bits per heavy atom. The highest BCUT2D eigenvalue weighted by molar-refractivity contribution is 5.76. The molecule has 0 aromatic heterocycles. The summed E-state index contributed by atoms with van der Waals surface area (Å²) in [5.41, 5.74) is 0. The zero-order valence-corrected chi connectivity index (χ0v) is 33.7. The van der Waals surface area contributed by atoms with E-state index in [0.717, 1.165) is 25.7 Å². The summed E-state index contributed by atoms with van der Waals surface area (Å²) in [4.78, 5) is 12.4. The van der Waals surface area contributed by atoms with Crippen LogP contribution >= 0.6 is 0 Å². The number of aliphatic hydroxyl groups excluding tert-OH is 2. The van der Waals surface area contributed by atoms with Gasteiger partial charge in [0.15, 0.2) is 0 Å². The molecule has 2 atom stereocenters. The highest BCUT2D eigenvalue weighted by atomic mass is 16.3. The van der Waals surface area contributed by atoms with Gasteiger partial charge in [-0.15, -0.1) is 0 Å². The van der Waals surface area contributed by atoms with Gasteiger partial charge in [0.25, 0.3) is 0 Å². The lowest BCUT2D eigenvalue weighted by Gasteiger charge is -2.22. The molecule has 0 aliphatic rings. The molecule has 0 fully saturated rings. The Hall–Kier alpha value is -0.610. The average molecular weight is 694 g/mol. The third-order valence-corrected chi connectivity index (χ3v) is 10.9. The fourth-order valence-electron chi connectivity index (χ4n) is 7.36. The Kier molecular flexibility index (Phi) is 41.3. The predicted octanol–water partition coefficient (Wildman–Crippen LogP) is 14.1. The first-order valence-corrected chi connectivity index (χ1v) is 22.7. The second-order valence-electron chi connectivity index (χ2n) is 15.8. The lowest BCUT2D eigenvalue weighted by atomic mass is 10.0. The van der Waals surface area contributed by atoms with E-state index in [1.807, 2.05) is 0 Å². The fourth-order valence-corrected chi connectivity index (χ4v) is 7.36. The van der Waals surface area contributed by atoms with Gasteiger partial charge in [-0.3, -0.25) is 4.79 Å². The first kappa shape index (κ1) is 48.4. The van der Waals surface area contributed by atoms with E-state index in [1.54, 1.807) is 0 Å². The molecule has 0 aromatic carbocycles. The summed E-state index contributed by atoms with van der Waals surface area (Å²) in [5.74, 6) is -0.0254. The van der Waals surface area contributed by atoms with Gasteiger partial charge in [0.05, 0.1) is 18.8 Å². The van der Waals surface area contributed by atoms with Gasteiger partial charge in [0, 0.05) is 6.42 Å². The molecular weight excluding hydrogens is 602 g/mol. The minimum absolute atomic E-state index is 0.0254. The first-order chi connectivity index (χ1) is 24.2. The molecule has 294 valence electrons. The van der Waals surface area contributed by atoms with E-state index >= 15 is 0 Å². The van der Waals surface area contributed by atoms with Crippen molar-refractivity contribution in [3.05, 3.63) is 0 Å². The Labute approximate surface area is 308 Å². The number of aliphatic hydroxyl groups is 2. The smallest absolute Gasteiger partial charge is 0.220 e. The number of hydrogen-bond acceptors (Lipinski definition) is 3. The molecule has 0 saturated heterocycles. The van der Waals surface area contributed by atoms with Crippen molar-refractivity contribution >= 4 is 5.91 Å². The van der Waals surface area contributed by atoms with Crippen LogP contribution in [0.4, 0.5) is 0 Å². The van der Waals surface area contributed by atoms with Crippen LogP contribution in [0.2, 0.25) is 0 Å². The number of nitrogens with one attached hydrogen (secondary N) is 1. The molecule has 0 aliphatic heterocycles. The zero-order valence-electron chi connectivity index (χ0n) is 33.7. The normalized spacial score (nSPS) is 12.8. The quantitative estimate of drug-likeness (QED) is 0.0557. The van der Waals surface area contributed by atoms with Gasteiger partial charge in [-0.05, 0) is 12.8 Å². The summed E-state index contributed by atoms with van der Waals surface area (Å²) in [5, 5.41) is 23.2. The van der Waals surface area contributed by atoms with Crippen molar-refractivity contribution in [3.8, 4) is 0 Å². The molecule has 49 heavy (non-hydrogen) atoms. The lowest BCUT2D eigenvalue weighted by molar-refractivity contribution is -0.123. The van der Waals surface area contributed by atoms with Gasteiger partial charge < -0.3 is 15.5 Å². The van der Waals surface area contributed by atoms with Crippen LogP contribution in [-0.2, 0) is 4.79 Å². The molecule has 0 bridgehead atoms. The largest absolute Gasteiger partial charge is 0.394 e. The first-order valence-electron chi connectivity index (χ1n) is 22.7. The van der Waals surface area contributed by atoms with E-state index in [-0.39, 0.29) is 12.5 Å². The molecule has 3 N–H and O–H groups in total. The Bertz CT molecular complexity index is 626. The van der Waals surface area contributed by atoms with Crippen LogP contribution in [0, 0.1) is 0 Å². The topological polar surface area (TPSA) is 69.6 Å². The molecule has 2 unspecified atom stereocenters. The molecule has 0 aromatic rings. The SMILES string of the molecule is CCCCCCCCCCCCCCCCCCCCCCC(O)C(CO)NC(=O)CCCCCCCCCCCCCCCCCCC. The molecule has 0 heterocycles. The highest BCUT2D eigenvalue weighted by Gasteiger charge is 2.20. The highest BCUT2D eigenvalue weighted by Crippen LogP contribution is 2.17. The maximum absolute atomic E-state index is 12.4. The summed E-state index contributed by atoms with van der Waals surface area (Å²) in [7, 11) is 0. The zero-order chi connectivity index (χ0) is 35.7. The molecule has 4 nitrogen and oxygen atoms in total. The monoisotopic (exact) mass is 694 g/mol. The molecule has 0 saturated carbocycles. The van der Waals surface area contributed by atoms with E-state index in [1.165, 1.54) is 212 Å². The molecule has 4 heteroatoms. The Morgan fingerprint density at radius 3 is 0.918 bits per heavy atom. The summed E-state index contributed by atoms with van der Waals surface area (Å²) < 4.78 is 0. The summed E-state index contributed by atoms with van der Waals surface area (Å²) in [6, 6.07) is -0.529. The van der Waals surface area contributed by atoms with Crippen LogP contribution in [0.5, 0.6) is 0 Å². The third-order valence-electron chi connectivity index (χ3n) is 10.9. The molecule has 0 rings (SSSR count). The van der Waals surface area contributed by atoms with Crippen LogP contribution in [-0.4, -0.2) is 34.9 Å². The van der Waals surface area contributed by atoms with Crippen molar-refractivity contribution in [2.45, 2.75) is 276 Å². The molecule has 0 aliphatic carbocycles. The maximum Gasteiger partial charge on any atom is 0.220 e. The van der Waals surface area contributed by atoms with Crippen molar-refractivity contribution < 1.29 is 15.0 Å². The second kappa shape index (κ2) is 41.8. The lowest BCUT2D eigenvalue weighted by Crippen LogP contribution is -2.45. The van der Waals surface area contributed by atoms with Crippen molar-refractivity contribution in [1.82, 2.24) is 5.32 Å². The van der Waals surface area contributed by atoms with Gasteiger partial charge >= 0.3 is 0 Å². The number of carbonyl (C=O) groups excluding carboxylic acids is 1. The standard InChI is InChI=1S/C45H91NO3/c1-3-5-7-9-11-13-15-17-19-21-22-23-25-26-28-30-32-34-36-38-40-44(48)43(42-47)46-45(49)41-39-37-35-33-31-29-27-24-20-18-16-14-12-10-8-6-4-2/h43-44,47-48H,3-42H2,1-2H3,(H,46,49). The molecule has 0 radical (unpaired) electrons. The summed E-state index contributed by atoms with van der Waals surface area (Å²) >= 11 is 0. The number of amides is 1. The number of carbonyl (C=O) groups is 1. The third kappa shape index (κ3) is 38.5. The minimum Gasteiger partial charge on any atom is -0.394 e. The van der Waals surface area contributed by atoms with E-state index < -0.39 is 12.1 Å².